The second-order valence-corrected chi connectivity index (χ2v) is 3.83. The summed E-state index contributed by atoms with van der Waals surface area (Å²) in [6, 6.07) is 7.71. The summed E-state index contributed by atoms with van der Waals surface area (Å²) in [7, 11) is 0. The van der Waals surface area contributed by atoms with Gasteiger partial charge in [0.1, 0.15) is 11.6 Å². The number of nitrogens with one attached hydrogen (secondary N) is 1. The van der Waals surface area contributed by atoms with E-state index in [1.54, 1.807) is 6.07 Å². The highest BCUT2D eigenvalue weighted by Gasteiger charge is 2.14. The average Bonchev–Trinajstić information content (AvgIpc) is 2.35. The minimum absolute atomic E-state index is 0.0158. The van der Waals surface area contributed by atoms with Crippen molar-refractivity contribution in [2.24, 2.45) is 0 Å². The van der Waals surface area contributed by atoms with Gasteiger partial charge < -0.3 is 16.2 Å². The minimum atomic E-state index is -1.42. The maximum atomic E-state index is 13.5. The molecule has 2 aromatic carbocycles. The van der Waals surface area contributed by atoms with Crippen LogP contribution < -0.4 is 11.1 Å². The van der Waals surface area contributed by atoms with Gasteiger partial charge in [0.05, 0.1) is 22.6 Å². The Morgan fingerprint density at radius 1 is 1.11 bits per heavy atom. The molecule has 0 aliphatic rings. The third kappa shape index (κ3) is 2.62. The van der Waals surface area contributed by atoms with E-state index in [1.165, 1.54) is 18.2 Å². The summed E-state index contributed by atoms with van der Waals surface area (Å²) in [6.07, 6.45) is 0. The number of nitrogens with two attached hydrogens (primary N) is 1. The molecule has 6 heteroatoms. The first-order valence-electron chi connectivity index (χ1n) is 5.33. The van der Waals surface area contributed by atoms with Crippen molar-refractivity contribution in [3.05, 3.63) is 53.6 Å². The molecule has 4 nitrogen and oxygen atoms in total. The van der Waals surface area contributed by atoms with E-state index < -0.39 is 23.2 Å². The zero-order valence-corrected chi connectivity index (χ0v) is 9.65. The van der Waals surface area contributed by atoms with Crippen LogP contribution in [0.1, 0.15) is 10.4 Å². The fraction of sp³-hybridized carbons (Fsp3) is 0. The average molecular weight is 264 g/mol. The summed E-state index contributed by atoms with van der Waals surface area (Å²) in [5.74, 6) is -2.88. The molecular formula is C13H10F2N2O2. The van der Waals surface area contributed by atoms with Crippen LogP contribution in [0.15, 0.2) is 36.4 Å². The van der Waals surface area contributed by atoms with Crippen molar-refractivity contribution in [2.45, 2.75) is 0 Å². The number of halogens is 2. The van der Waals surface area contributed by atoms with Crippen molar-refractivity contribution in [1.29, 1.82) is 0 Å². The molecule has 98 valence electrons. The van der Waals surface area contributed by atoms with Gasteiger partial charge >= 0.3 is 5.97 Å². The van der Waals surface area contributed by atoms with Crippen LogP contribution in [0.4, 0.5) is 25.8 Å². The molecule has 2 rings (SSSR count). The predicted molar refractivity (Wildman–Crippen MR) is 67.5 cm³/mol. The molecule has 0 unspecified atom stereocenters. The number of hydrogen-bond donors (Lipinski definition) is 3. The van der Waals surface area contributed by atoms with Gasteiger partial charge in [-0.1, -0.05) is 12.1 Å². The number of rotatable bonds is 3. The lowest BCUT2D eigenvalue weighted by Crippen LogP contribution is -2.05. The normalized spacial score (nSPS) is 10.2. The van der Waals surface area contributed by atoms with Crippen LogP contribution in [0.25, 0.3) is 0 Å². The zero-order valence-electron chi connectivity index (χ0n) is 9.65. The molecular weight excluding hydrogens is 254 g/mol. The van der Waals surface area contributed by atoms with E-state index in [0.717, 1.165) is 12.1 Å². The summed E-state index contributed by atoms with van der Waals surface area (Å²) in [5, 5.41) is 11.4. The quantitative estimate of drug-likeness (QED) is 0.745. The second kappa shape index (κ2) is 4.93. The molecule has 19 heavy (non-hydrogen) atoms. The van der Waals surface area contributed by atoms with Crippen molar-refractivity contribution >= 4 is 23.0 Å². The maximum Gasteiger partial charge on any atom is 0.338 e. The van der Waals surface area contributed by atoms with Crippen LogP contribution >= 0.6 is 0 Å². The standard InChI is InChI=1S/C13H10F2N2O2/c14-8-3-1-2-4-11(8)17-12-6-9(15)7(13(18)19)5-10(12)16/h1-6,17H,16H2,(H,18,19). The van der Waals surface area contributed by atoms with Gasteiger partial charge in [-0.25, -0.2) is 13.6 Å². The molecule has 0 bridgehead atoms. The summed E-state index contributed by atoms with van der Waals surface area (Å²) in [6.45, 7) is 0. The van der Waals surface area contributed by atoms with Gasteiger partial charge in [0.25, 0.3) is 0 Å². The van der Waals surface area contributed by atoms with Gasteiger partial charge in [-0.05, 0) is 18.2 Å². The minimum Gasteiger partial charge on any atom is -0.478 e. The largest absolute Gasteiger partial charge is 0.478 e. The molecule has 0 saturated carbocycles. The topological polar surface area (TPSA) is 75.4 Å². The highest BCUT2D eigenvalue weighted by molar-refractivity contribution is 5.91. The van der Waals surface area contributed by atoms with E-state index in [0.29, 0.717) is 0 Å². The zero-order chi connectivity index (χ0) is 14.0. The number of nitrogen functional groups attached to an aromatic ring is 1. The molecule has 0 amide bonds. The predicted octanol–water partition coefficient (Wildman–Crippen LogP) is 2.99. The van der Waals surface area contributed by atoms with E-state index in [9.17, 15) is 13.6 Å². The van der Waals surface area contributed by atoms with Crippen LogP contribution in [-0.4, -0.2) is 11.1 Å². The van der Waals surface area contributed by atoms with Crippen LogP contribution in [0.2, 0.25) is 0 Å². The van der Waals surface area contributed by atoms with Gasteiger partial charge in [-0.3, -0.25) is 0 Å². The molecule has 0 fully saturated rings. The molecule has 0 aliphatic carbocycles. The number of aromatic carboxylic acids is 1. The van der Waals surface area contributed by atoms with Crippen molar-refractivity contribution < 1.29 is 18.7 Å². The third-order valence-electron chi connectivity index (χ3n) is 2.51. The number of carbonyl (C=O) groups is 1. The molecule has 4 N–H and O–H groups in total. The molecule has 0 atom stereocenters. The molecule has 2 aromatic rings. The van der Waals surface area contributed by atoms with E-state index >= 15 is 0 Å². The monoisotopic (exact) mass is 264 g/mol. The summed E-state index contributed by atoms with van der Waals surface area (Å²) < 4.78 is 26.9. The molecule has 0 aromatic heterocycles. The van der Waals surface area contributed by atoms with Crippen molar-refractivity contribution in [1.82, 2.24) is 0 Å². The first-order chi connectivity index (χ1) is 8.99. The highest BCUT2D eigenvalue weighted by atomic mass is 19.1. The number of benzene rings is 2. The molecule has 0 radical (unpaired) electrons. The van der Waals surface area contributed by atoms with E-state index in [1.807, 2.05) is 0 Å². The molecule has 0 spiro atoms. The molecule has 0 aliphatic heterocycles. The van der Waals surface area contributed by atoms with Gasteiger partial charge in [-0.15, -0.1) is 0 Å². The summed E-state index contributed by atoms with van der Waals surface area (Å²) >= 11 is 0. The fourth-order valence-corrected chi connectivity index (χ4v) is 1.57. The Bertz CT molecular complexity index is 645. The van der Waals surface area contributed by atoms with Crippen molar-refractivity contribution in [3.8, 4) is 0 Å². The van der Waals surface area contributed by atoms with Crippen LogP contribution in [0.5, 0.6) is 0 Å². The maximum absolute atomic E-state index is 13.5. The number of hydrogen-bond acceptors (Lipinski definition) is 3. The fourth-order valence-electron chi connectivity index (χ4n) is 1.57. The summed E-state index contributed by atoms with van der Waals surface area (Å²) in [5.41, 5.74) is 5.32. The Hall–Kier alpha value is -2.63. The number of para-hydroxylation sites is 1. The van der Waals surface area contributed by atoms with E-state index in [4.69, 9.17) is 10.8 Å². The van der Waals surface area contributed by atoms with Crippen LogP contribution in [0, 0.1) is 11.6 Å². The van der Waals surface area contributed by atoms with Gasteiger partial charge in [-0.2, -0.15) is 0 Å². The lowest BCUT2D eigenvalue weighted by Gasteiger charge is -2.11. The van der Waals surface area contributed by atoms with Crippen LogP contribution in [0.3, 0.4) is 0 Å². The number of carboxylic acid groups (broad SMARTS) is 1. The Morgan fingerprint density at radius 3 is 2.42 bits per heavy atom. The molecule has 0 saturated heterocycles. The first-order valence-corrected chi connectivity index (χ1v) is 5.33. The lowest BCUT2D eigenvalue weighted by atomic mass is 10.1. The van der Waals surface area contributed by atoms with Gasteiger partial charge in [0.15, 0.2) is 0 Å². The third-order valence-corrected chi connectivity index (χ3v) is 2.51. The first kappa shape index (κ1) is 12.8. The number of carboxylic acids is 1. The lowest BCUT2D eigenvalue weighted by molar-refractivity contribution is 0.0692. The van der Waals surface area contributed by atoms with Crippen molar-refractivity contribution in [3.63, 3.8) is 0 Å². The van der Waals surface area contributed by atoms with Gasteiger partial charge in [0, 0.05) is 6.07 Å². The number of anilines is 3. The van der Waals surface area contributed by atoms with E-state index in [-0.39, 0.29) is 17.1 Å². The Kier molecular flexibility index (Phi) is 3.33. The van der Waals surface area contributed by atoms with Gasteiger partial charge in [0.2, 0.25) is 0 Å². The summed E-state index contributed by atoms with van der Waals surface area (Å²) in [4.78, 5) is 10.7. The Balaban J connectivity index is 2.39. The van der Waals surface area contributed by atoms with Crippen LogP contribution in [-0.2, 0) is 0 Å². The Labute approximate surface area is 107 Å². The SMILES string of the molecule is Nc1cc(C(=O)O)c(F)cc1Nc1ccccc1F. The van der Waals surface area contributed by atoms with Crippen molar-refractivity contribution in [2.75, 3.05) is 11.1 Å². The second-order valence-electron chi connectivity index (χ2n) is 3.83. The smallest absolute Gasteiger partial charge is 0.338 e. The Morgan fingerprint density at radius 2 is 1.79 bits per heavy atom. The molecule has 0 heterocycles. The van der Waals surface area contributed by atoms with E-state index in [2.05, 4.69) is 5.32 Å². The highest BCUT2D eigenvalue weighted by Crippen LogP contribution is 2.27.